The number of hydrogen-bond donors (Lipinski definition) is 1. The first-order valence-electron chi connectivity index (χ1n) is 7.18. The number of rotatable bonds is 8. The van der Waals surface area contributed by atoms with Gasteiger partial charge < -0.3 is 10.1 Å². The van der Waals surface area contributed by atoms with Crippen LogP contribution in [-0.4, -0.2) is 19.8 Å². The number of halogens is 2. The third-order valence-electron chi connectivity index (χ3n) is 3.11. The molecule has 0 fully saturated rings. The number of nitrogens with one attached hydrogen (secondary N) is 1. The van der Waals surface area contributed by atoms with Crippen molar-refractivity contribution >= 4 is 0 Å². The van der Waals surface area contributed by atoms with Gasteiger partial charge in [-0.05, 0) is 50.4 Å². The van der Waals surface area contributed by atoms with Gasteiger partial charge in [0.05, 0.1) is 0 Å². The highest BCUT2D eigenvalue weighted by Crippen LogP contribution is 2.20. The Morgan fingerprint density at radius 1 is 1.15 bits per heavy atom. The van der Waals surface area contributed by atoms with E-state index in [0.717, 1.165) is 13.0 Å². The molecule has 1 rings (SSSR count). The van der Waals surface area contributed by atoms with Crippen molar-refractivity contribution < 1.29 is 13.5 Å². The van der Waals surface area contributed by atoms with E-state index in [1.807, 2.05) is 6.92 Å². The largest absolute Gasteiger partial charge is 0.381 e. The lowest BCUT2D eigenvalue weighted by molar-refractivity contribution is 0.107. The van der Waals surface area contributed by atoms with E-state index in [0.29, 0.717) is 30.2 Å². The van der Waals surface area contributed by atoms with E-state index >= 15 is 0 Å². The highest BCUT2D eigenvalue weighted by molar-refractivity contribution is 5.27. The van der Waals surface area contributed by atoms with E-state index in [4.69, 9.17) is 4.74 Å². The fourth-order valence-electron chi connectivity index (χ4n) is 1.92. The number of aryl methyl sites for hydroxylation is 1. The molecule has 0 bridgehead atoms. The lowest BCUT2D eigenvalue weighted by Gasteiger charge is -2.16. The van der Waals surface area contributed by atoms with Gasteiger partial charge in [-0.15, -0.1) is 0 Å². The molecule has 114 valence electrons. The van der Waals surface area contributed by atoms with Crippen LogP contribution < -0.4 is 5.32 Å². The molecule has 20 heavy (non-hydrogen) atoms. The predicted octanol–water partition coefficient (Wildman–Crippen LogP) is 3.99. The van der Waals surface area contributed by atoms with Crippen LogP contribution in [0, 0.1) is 24.5 Å². The molecule has 0 radical (unpaired) electrons. The van der Waals surface area contributed by atoms with Gasteiger partial charge in [0, 0.05) is 24.8 Å². The van der Waals surface area contributed by atoms with E-state index in [-0.39, 0.29) is 17.7 Å². The summed E-state index contributed by atoms with van der Waals surface area (Å²) in [6, 6.07) is 2.31. The summed E-state index contributed by atoms with van der Waals surface area (Å²) in [5.41, 5.74) is 0.705. The molecule has 0 heterocycles. The Balaban J connectivity index is 2.36. The standard InChI is InChI=1S/C16H25F2NO/c1-11(2)10-20-7-5-6-19-13(4)14-9-15(17)12(3)8-16(14)18/h8-9,11,13,19H,5-7,10H2,1-4H3. The van der Waals surface area contributed by atoms with Crippen molar-refractivity contribution in [3.8, 4) is 0 Å². The number of hydrogen-bond acceptors (Lipinski definition) is 2. The second kappa shape index (κ2) is 8.32. The Morgan fingerprint density at radius 2 is 1.85 bits per heavy atom. The van der Waals surface area contributed by atoms with Crippen molar-refractivity contribution in [2.24, 2.45) is 5.92 Å². The molecule has 1 unspecified atom stereocenters. The van der Waals surface area contributed by atoms with Crippen LogP contribution in [0.15, 0.2) is 12.1 Å². The van der Waals surface area contributed by atoms with Crippen molar-refractivity contribution in [1.82, 2.24) is 5.32 Å². The fraction of sp³-hybridized carbons (Fsp3) is 0.625. The van der Waals surface area contributed by atoms with Crippen LogP contribution in [0.1, 0.15) is 44.4 Å². The molecule has 0 spiro atoms. The van der Waals surface area contributed by atoms with Gasteiger partial charge in [-0.2, -0.15) is 0 Å². The van der Waals surface area contributed by atoms with Crippen LogP contribution in [0.25, 0.3) is 0 Å². The summed E-state index contributed by atoms with van der Waals surface area (Å²) in [4.78, 5) is 0. The highest BCUT2D eigenvalue weighted by atomic mass is 19.1. The minimum Gasteiger partial charge on any atom is -0.381 e. The molecular formula is C16H25F2NO. The lowest BCUT2D eigenvalue weighted by atomic mass is 10.0. The Kier molecular flexibility index (Phi) is 7.10. The smallest absolute Gasteiger partial charge is 0.128 e. The van der Waals surface area contributed by atoms with Crippen LogP contribution >= 0.6 is 0 Å². The molecule has 0 saturated heterocycles. The number of benzene rings is 1. The van der Waals surface area contributed by atoms with Gasteiger partial charge in [0.2, 0.25) is 0 Å². The molecule has 4 heteroatoms. The molecule has 0 aliphatic heterocycles. The molecule has 1 aromatic carbocycles. The van der Waals surface area contributed by atoms with Crippen molar-refractivity contribution in [2.45, 2.75) is 40.2 Å². The molecule has 0 aliphatic rings. The van der Waals surface area contributed by atoms with E-state index in [9.17, 15) is 8.78 Å². The van der Waals surface area contributed by atoms with Gasteiger partial charge in [-0.3, -0.25) is 0 Å². The zero-order valence-corrected chi connectivity index (χ0v) is 12.8. The van der Waals surface area contributed by atoms with Crippen LogP contribution in [0.5, 0.6) is 0 Å². The summed E-state index contributed by atoms with van der Waals surface area (Å²) in [6.45, 7) is 9.77. The van der Waals surface area contributed by atoms with Crippen molar-refractivity contribution in [1.29, 1.82) is 0 Å². The third kappa shape index (κ3) is 5.55. The second-order valence-electron chi connectivity index (χ2n) is 5.62. The average molecular weight is 285 g/mol. The first-order chi connectivity index (χ1) is 9.41. The van der Waals surface area contributed by atoms with Crippen molar-refractivity contribution in [2.75, 3.05) is 19.8 Å². The van der Waals surface area contributed by atoms with Crippen molar-refractivity contribution in [3.05, 3.63) is 34.9 Å². The summed E-state index contributed by atoms with van der Waals surface area (Å²) in [5, 5.41) is 3.19. The lowest BCUT2D eigenvalue weighted by Crippen LogP contribution is -2.22. The maximum absolute atomic E-state index is 13.8. The monoisotopic (exact) mass is 285 g/mol. The first kappa shape index (κ1) is 17.1. The minimum atomic E-state index is -0.365. The Hall–Kier alpha value is -1.00. The summed E-state index contributed by atoms with van der Waals surface area (Å²) >= 11 is 0. The molecule has 0 amide bonds. The quantitative estimate of drug-likeness (QED) is 0.729. The molecule has 2 nitrogen and oxygen atoms in total. The Morgan fingerprint density at radius 3 is 2.50 bits per heavy atom. The fourth-order valence-corrected chi connectivity index (χ4v) is 1.92. The maximum atomic E-state index is 13.8. The minimum absolute atomic E-state index is 0.213. The normalized spacial score (nSPS) is 12.9. The topological polar surface area (TPSA) is 21.3 Å². The van der Waals surface area contributed by atoms with E-state index < -0.39 is 0 Å². The predicted molar refractivity (Wildman–Crippen MR) is 77.8 cm³/mol. The summed E-state index contributed by atoms with van der Waals surface area (Å²) < 4.78 is 32.7. The van der Waals surface area contributed by atoms with Gasteiger partial charge in [0.25, 0.3) is 0 Å². The first-order valence-corrected chi connectivity index (χ1v) is 7.18. The zero-order valence-electron chi connectivity index (χ0n) is 12.8. The van der Waals surface area contributed by atoms with Gasteiger partial charge in [0.1, 0.15) is 11.6 Å². The summed E-state index contributed by atoms with van der Waals surface area (Å²) in [6.07, 6.45) is 0.854. The van der Waals surface area contributed by atoms with Crippen LogP contribution in [0.2, 0.25) is 0 Å². The van der Waals surface area contributed by atoms with Crippen LogP contribution in [-0.2, 0) is 4.74 Å². The molecule has 1 N–H and O–H groups in total. The molecule has 0 aliphatic carbocycles. The molecule has 1 atom stereocenters. The summed E-state index contributed by atoms with van der Waals surface area (Å²) in [5.74, 6) is -0.193. The summed E-state index contributed by atoms with van der Waals surface area (Å²) in [7, 11) is 0. The van der Waals surface area contributed by atoms with Gasteiger partial charge in [0.15, 0.2) is 0 Å². The van der Waals surface area contributed by atoms with Gasteiger partial charge in [-0.1, -0.05) is 13.8 Å². The van der Waals surface area contributed by atoms with E-state index in [1.54, 1.807) is 6.92 Å². The second-order valence-corrected chi connectivity index (χ2v) is 5.62. The van der Waals surface area contributed by atoms with E-state index in [1.165, 1.54) is 12.1 Å². The maximum Gasteiger partial charge on any atom is 0.128 e. The number of ether oxygens (including phenoxy) is 1. The van der Waals surface area contributed by atoms with Gasteiger partial charge in [-0.25, -0.2) is 8.78 Å². The molecule has 1 aromatic rings. The van der Waals surface area contributed by atoms with Crippen LogP contribution in [0.3, 0.4) is 0 Å². The molecule has 0 aromatic heterocycles. The average Bonchev–Trinajstić information content (AvgIpc) is 2.37. The molecule has 0 saturated carbocycles. The van der Waals surface area contributed by atoms with Crippen molar-refractivity contribution in [3.63, 3.8) is 0 Å². The molecular weight excluding hydrogens is 260 g/mol. The highest BCUT2D eigenvalue weighted by Gasteiger charge is 2.13. The third-order valence-corrected chi connectivity index (χ3v) is 3.11. The zero-order chi connectivity index (χ0) is 15.1. The van der Waals surface area contributed by atoms with Crippen LogP contribution in [0.4, 0.5) is 8.78 Å². The Bertz CT molecular complexity index is 421. The van der Waals surface area contributed by atoms with Gasteiger partial charge >= 0.3 is 0 Å². The SMILES string of the molecule is Cc1cc(F)c(C(C)NCCCOCC(C)C)cc1F. The van der Waals surface area contributed by atoms with E-state index in [2.05, 4.69) is 19.2 Å². The Labute approximate surface area is 120 Å².